The van der Waals surface area contributed by atoms with Gasteiger partial charge in [-0.3, -0.25) is 0 Å². The molecule has 0 aromatic heterocycles. The van der Waals surface area contributed by atoms with Crippen molar-refractivity contribution in [2.45, 2.75) is 79.6 Å². The summed E-state index contributed by atoms with van der Waals surface area (Å²) in [6.07, 6.45) is 0.667. The van der Waals surface area contributed by atoms with E-state index in [0.717, 1.165) is 11.1 Å². The van der Waals surface area contributed by atoms with Crippen molar-refractivity contribution in [2.24, 2.45) is 0 Å². The first kappa shape index (κ1) is 19.7. The summed E-state index contributed by atoms with van der Waals surface area (Å²) >= 11 is 0. The van der Waals surface area contributed by atoms with Crippen LogP contribution in [0.3, 0.4) is 0 Å². The van der Waals surface area contributed by atoms with Crippen LogP contribution in [0.15, 0.2) is 12.1 Å². The number of hydrogen-bond acceptors (Lipinski definition) is 2. The fourth-order valence-corrected chi connectivity index (χ4v) is 1.92. The number of aryl methyl sites for hydroxylation is 1. The summed E-state index contributed by atoms with van der Waals surface area (Å²) in [6, 6.07) is 4.18. The molecule has 1 N–H and O–H groups in total. The van der Waals surface area contributed by atoms with Crippen LogP contribution >= 0.6 is 0 Å². The molecule has 0 saturated heterocycles. The monoisotopic (exact) mass is 292 g/mol. The van der Waals surface area contributed by atoms with Crippen molar-refractivity contribution >= 4 is 5.78 Å². The van der Waals surface area contributed by atoms with Gasteiger partial charge in [0.15, 0.2) is 0 Å². The molecule has 0 aliphatic heterocycles. The van der Waals surface area contributed by atoms with Gasteiger partial charge in [-0.25, -0.2) is 0 Å². The molecule has 21 heavy (non-hydrogen) atoms. The maximum Gasteiger partial charge on any atom is 0.129 e. The van der Waals surface area contributed by atoms with Crippen molar-refractivity contribution in [3.05, 3.63) is 28.8 Å². The summed E-state index contributed by atoms with van der Waals surface area (Å²) < 4.78 is 0. The van der Waals surface area contributed by atoms with E-state index in [1.807, 2.05) is 6.92 Å². The van der Waals surface area contributed by atoms with Crippen LogP contribution in [0.25, 0.3) is 0 Å². The quantitative estimate of drug-likeness (QED) is 0.764. The maximum absolute atomic E-state index is 10.4. The molecule has 0 atom stereocenters. The van der Waals surface area contributed by atoms with E-state index in [0.29, 0.717) is 12.2 Å². The molecule has 0 radical (unpaired) electrons. The van der Waals surface area contributed by atoms with Crippen LogP contribution in [0.1, 0.15) is 78.5 Å². The van der Waals surface area contributed by atoms with Crippen molar-refractivity contribution in [3.63, 3.8) is 0 Å². The Morgan fingerprint density at radius 3 is 1.48 bits per heavy atom. The topological polar surface area (TPSA) is 37.3 Å². The number of Topliss-reactive ketones (excluding diaryl/α,β-unsaturated/α-hetero) is 1. The number of hydrogen-bond donors (Lipinski definition) is 1. The van der Waals surface area contributed by atoms with E-state index in [-0.39, 0.29) is 16.6 Å². The largest absolute Gasteiger partial charge is 0.507 e. The predicted octanol–water partition coefficient (Wildman–Crippen LogP) is 5.28. The molecule has 120 valence electrons. The Bertz CT molecular complexity index is 450. The summed E-state index contributed by atoms with van der Waals surface area (Å²) in [5.41, 5.74) is 3.26. The lowest BCUT2D eigenvalue weighted by Crippen LogP contribution is -2.17. The molecule has 0 saturated carbocycles. The Balaban J connectivity index is 0.000000690. The van der Waals surface area contributed by atoms with Gasteiger partial charge >= 0.3 is 0 Å². The minimum absolute atomic E-state index is 0.0178. The number of carbonyl (C=O) groups excluding carboxylic acids is 1. The van der Waals surface area contributed by atoms with Gasteiger partial charge in [-0.2, -0.15) is 0 Å². The average molecular weight is 292 g/mol. The number of rotatable bonds is 1. The van der Waals surface area contributed by atoms with Gasteiger partial charge in [-0.15, -0.1) is 0 Å². The molecule has 0 heterocycles. The molecule has 1 aromatic carbocycles. The second-order valence-corrected chi connectivity index (χ2v) is 7.76. The second kappa shape index (κ2) is 7.11. The fourth-order valence-electron chi connectivity index (χ4n) is 1.92. The number of ketones is 1. The van der Waals surface area contributed by atoms with Crippen molar-refractivity contribution in [1.82, 2.24) is 0 Å². The third kappa shape index (κ3) is 6.33. The van der Waals surface area contributed by atoms with Crippen LogP contribution < -0.4 is 0 Å². The lowest BCUT2D eigenvalue weighted by Gasteiger charge is -2.27. The third-order valence-electron chi connectivity index (χ3n) is 3.37. The molecular formula is C19H32O2. The van der Waals surface area contributed by atoms with E-state index in [1.165, 1.54) is 5.56 Å². The second-order valence-electron chi connectivity index (χ2n) is 7.76. The van der Waals surface area contributed by atoms with Crippen LogP contribution in [0.4, 0.5) is 0 Å². The van der Waals surface area contributed by atoms with Crippen molar-refractivity contribution < 1.29 is 9.90 Å². The minimum atomic E-state index is -0.0178. The molecule has 0 aliphatic rings. The van der Waals surface area contributed by atoms with E-state index in [9.17, 15) is 9.90 Å². The molecular weight excluding hydrogens is 260 g/mol. The Hall–Kier alpha value is -1.31. The summed E-state index contributed by atoms with van der Waals surface area (Å²) in [7, 11) is 0. The number of phenolic OH excluding ortho intramolecular Hbond substituents is 1. The molecule has 0 fully saturated rings. The number of phenols is 1. The summed E-state index contributed by atoms with van der Waals surface area (Å²) in [4.78, 5) is 9.81. The zero-order valence-electron chi connectivity index (χ0n) is 15.2. The van der Waals surface area contributed by atoms with Gasteiger partial charge in [0.25, 0.3) is 0 Å². The maximum atomic E-state index is 10.4. The van der Waals surface area contributed by atoms with Crippen LogP contribution in [0, 0.1) is 6.92 Å². The van der Waals surface area contributed by atoms with E-state index in [1.54, 1.807) is 6.92 Å². The SMILES string of the molecule is CCC(C)=O.Cc1cc(C(C)(C)C)c(O)c(C(C)(C)C)c1. The first-order valence-electron chi connectivity index (χ1n) is 7.64. The molecule has 0 unspecified atom stereocenters. The summed E-state index contributed by atoms with van der Waals surface area (Å²) in [5.74, 6) is 0.718. The zero-order chi connectivity index (χ0) is 17.0. The molecule has 0 bridgehead atoms. The number of benzene rings is 1. The number of carbonyl (C=O) groups is 1. The first-order valence-corrected chi connectivity index (χ1v) is 7.64. The standard InChI is InChI=1S/C15H24O.C4H8O/c1-10-8-11(14(2,3)4)13(16)12(9-10)15(5,6)7;1-3-4(2)5/h8-9,16H,1-7H3;3H2,1-2H3. The van der Waals surface area contributed by atoms with Crippen LogP contribution in [0.5, 0.6) is 5.75 Å². The van der Waals surface area contributed by atoms with Gasteiger partial charge in [0.1, 0.15) is 11.5 Å². The fraction of sp³-hybridized carbons (Fsp3) is 0.632. The summed E-state index contributed by atoms with van der Waals surface area (Å²) in [5, 5.41) is 10.4. The van der Waals surface area contributed by atoms with E-state index in [2.05, 4.69) is 60.6 Å². The van der Waals surface area contributed by atoms with Crippen LogP contribution in [-0.4, -0.2) is 10.9 Å². The van der Waals surface area contributed by atoms with E-state index in [4.69, 9.17) is 0 Å². The normalized spacial score (nSPS) is 11.7. The zero-order valence-corrected chi connectivity index (χ0v) is 15.2. The highest BCUT2D eigenvalue weighted by atomic mass is 16.3. The highest BCUT2D eigenvalue weighted by Crippen LogP contribution is 2.39. The molecule has 0 amide bonds. The Labute approximate surface area is 130 Å². The van der Waals surface area contributed by atoms with Gasteiger partial charge in [0, 0.05) is 6.42 Å². The Morgan fingerprint density at radius 1 is 1.00 bits per heavy atom. The smallest absolute Gasteiger partial charge is 0.129 e. The lowest BCUT2D eigenvalue weighted by atomic mass is 9.78. The van der Waals surface area contributed by atoms with Crippen LogP contribution in [0.2, 0.25) is 0 Å². The van der Waals surface area contributed by atoms with Gasteiger partial charge in [-0.05, 0) is 35.8 Å². The lowest BCUT2D eigenvalue weighted by molar-refractivity contribution is -0.116. The van der Waals surface area contributed by atoms with Crippen molar-refractivity contribution in [1.29, 1.82) is 0 Å². The molecule has 1 rings (SSSR count). The van der Waals surface area contributed by atoms with E-state index >= 15 is 0 Å². The van der Waals surface area contributed by atoms with Gasteiger partial charge in [0.2, 0.25) is 0 Å². The van der Waals surface area contributed by atoms with Crippen molar-refractivity contribution in [3.8, 4) is 5.75 Å². The molecule has 2 nitrogen and oxygen atoms in total. The minimum Gasteiger partial charge on any atom is -0.507 e. The highest BCUT2D eigenvalue weighted by Gasteiger charge is 2.25. The van der Waals surface area contributed by atoms with Gasteiger partial charge in [-0.1, -0.05) is 66.2 Å². The molecule has 1 aromatic rings. The summed E-state index contributed by atoms with van der Waals surface area (Å²) in [6.45, 7) is 18.3. The Kier molecular flexibility index (Phi) is 6.66. The molecule has 0 spiro atoms. The number of aromatic hydroxyl groups is 1. The first-order chi connectivity index (χ1) is 9.30. The highest BCUT2D eigenvalue weighted by molar-refractivity contribution is 5.74. The Morgan fingerprint density at radius 2 is 1.29 bits per heavy atom. The van der Waals surface area contributed by atoms with Gasteiger partial charge < -0.3 is 9.90 Å². The average Bonchev–Trinajstić information content (AvgIpc) is 2.29. The third-order valence-corrected chi connectivity index (χ3v) is 3.37. The predicted molar refractivity (Wildman–Crippen MR) is 91.2 cm³/mol. The van der Waals surface area contributed by atoms with Crippen molar-refractivity contribution in [2.75, 3.05) is 0 Å². The molecule has 0 aliphatic carbocycles. The van der Waals surface area contributed by atoms with Crippen LogP contribution in [-0.2, 0) is 15.6 Å². The molecule has 2 heteroatoms. The van der Waals surface area contributed by atoms with Gasteiger partial charge in [0.05, 0.1) is 0 Å². The van der Waals surface area contributed by atoms with E-state index < -0.39 is 0 Å².